The number of ether oxygens (including phenoxy) is 2. The Morgan fingerprint density at radius 1 is 1.04 bits per heavy atom. The molecule has 3 aliphatic rings. The average Bonchev–Trinajstić information content (AvgIpc) is 3.10. The van der Waals surface area contributed by atoms with Crippen molar-refractivity contribution in [1.29, 1.82) is 0 Å². The minimum Gasteiger partial charge on any atom is -0.494 e. The van der Waals surface area contributed by atoms with Crippen LogP contribution in [0, 0.1) is 11.8 Å². The molecule has 126 valence electrons. The largest absolute Gasteiger partial charge is 0.494 e. The summed E-state index contributed by atoms with van der Waals surface area (Å²) in [7, 11) is 0. The van der Waals surface area contributed by atoms with Crippen LogP contribution in [0.25, 0.3) is 0 Å². The Hall–Kier alpha value is -2.14. The average molecular weight is 327 g/mol. The smallest absolute Gasteiger partial charge is 0.241 e. The predicted molar refractivity (Wildman–Crippen MR) is 88.7 cm³/mol. The maximum absolute atomic E-state index is 13.0. The molecule has 1 aromatic rings. The second-order valence-corrected chi connectivity index (χ2v) is 7.11. The minimum atomic E-state index is -0.689. The van der Waals surface area contributed by atoms with Crippen LogP contribution < -0.4 is 9.64 Å². The van der Waals surface area contributed by atoms with Crippen molar-refractivity contribution in [2.45, 2.75) is 38.4 Å². The van der Waals surface area contributed by atoms with Crippen LogP contribution in [-0.2, 0) is 14.3 Å². The van der Waals surface area contributed by atoms with Crippen LogP contribution >= 0.6 is 0 Å². The van der Waals surface area contributed by atoms with Crippen molar-refractivity contribution in [1.82, 2.24) is 0 Å². The van der Waals surface area contributed by atoms with Gasteiger partial charge in [-0.3, -0.25) is 9.59 Å². The predicted octanol–water partition coefficient (Wildman–Crippen LogP) is 2.70. The van der Waals surface area contributed by atoms with E-state index in [9.17, 15) is 9.59 Å². The molecule has 5 heteroatoms. The van der Waals surface area contributed by atoms with E-state index in [0.29, 0.717) is 12.3 Å². The summed E-state index contributed by atoms with van der Waals surface area (Å²) in [5.74, 6) is -0.512. The highest BCUT2D eigenvalue weighted by Crippen LogP contribution is 2.57. The van der Waals surface area contributed by atoms with Crippen molar-refractivity contribution in [2.24, 2.45) is 11.8 Å². The topological polar surface area (TPSA) is 55.8 Å². The van der Waals surface area contributed by atoms with Crippen molar-refractivity contribution >= 4 is 17.5 Å². The van der Waals surface area contributed by atoms with Crippen molar-refractivity contribution in [3.8, 4) is 5.75 Å². The van der Waals surface area contributed by atoms with Crippen molar-refractivity contribution < 1.29 is 19.1 Å². The Kier molecular flexibility index (Phi) is 3.16. The van der Waals surface area contributed by atoms with Crippen LogP contribution in [0.3, 0.4) is 0 Å². The van der Waals surface area contributed by atoms with Crippen LogP contribution in [0.1, 0.15) is 27.2 Å². The fraction of sp³-hybridized carbons (Fsp3) is 0.474. The van der Waals surface area contributed by atoms with E-state index >= 15 is 0 Å². The number of fused-ring (bicyclic) bond motifs is 5. The Bertz CT molecular complexity index is 704. The Labute approximate surface area is 141 Å². The summed E-state index contributed by atoms with van der Waals surface area (Å²) in [5, 5.41) is 0. The summed E-state index contributed by atoms with van der Waals surface area (Å²) in [6.45, 7) is 6.45. The molecule has 2 amide bonds. The minimum absolute atomic E-state index is 0.178. The number of hydrogen-bond donors (Lipinski definition) is 0. The quantitative estimate of drug-likeness (QED) is 0.630. The van der Waals surface area contributed by atoms with Gasteiger partial charge in [-0.1, -0.05) is 19.1 Å². The van der Waals surface area contributed by atoms with E-state index in [-0.39, 0.29) is 11.8 Å². The van der Waals surface area contributed by atoms with Crippen molar-refractivity contribution in [3.63, 3.8) is 0 Å². The molecular formula is C19H21NO4. The number of hydrogen-bond acceptors (Lipinski definition) is 4. The highest BCUT2D eigenvalue weighted by molar-refractivity contribution is 6.23. The van der Waals surface area contributed by atoms with Crippen LogP contribution in [0.15, 0.2) is 36.4 Å². The molecule has 3 heterocycles. The van der Waals surface area contributed by atoms with Crippen molar-refractivity contribution in [3.05, 3.63) is 36.4 Å². The molecule has 24 heavy (non-hydrogen) atoms. The van der Waals surface area contributed by atoms with E-state index in [1.807, 2.05) is 32.9 Å². The zero-order chi connectivity index (χ0) is 17.1. The van der Waals surface area contributed by atoms with Crippen LogP contribution in [0.2, 0.25) is 0 Å². The first-order valence-electron chi connectivity index (χ1n) is 8.41. The van der Waals surface area contributed by atoms with Gasteiger partial charge >= 0.3 is 0 Å². The third-order valence-electron chi connectivity index (χ3n) is 5.29. The third-order valence-corrected chi connectivity index (χ3v) is 5.29. The lowest BCUT2D eigenvalue weighted by molar-refractivity contribution is -0.128. The molecule has 4 unspecified atom stereocenters. The van der Waals surface area contributed by atoms with E-state index in [1.54, 1.807) is 24.3 Å². The van der Waals surface area contributed by atoms with E-state index in [2.05, 4.69) is 0 Å². The standard InChI is InChI=1S/C19H21NO4/c1-4-11-23-13-7-5-12(6-8-13)20-16(21)14-15(17(20)22)19(3)10-9-18(14,2)24-19/h5-10,14-15H,4,11H2,1-3H3. The van der Waals surface area contributed by atoms with Crippen LogP contribution in [0.5, 0.6) is 5.75 Å². The first-order chi connectivity index (χ1) is 11.4. The van der Waals surface area contributed by atoms with Gasteiger partial charge in [-0.25, -0.2) is 4.90 Å². The Morgan fingerprint density at radius 2 is 1.58 bits per heavy atom. The molecule has 0 spiro atoms. The number of carbonyl (C=O) groups excluding carboxylic acids is 2. The monoisotopic (exact) mass is 327 g/mol. The zero-order valence-corrected chi connectivity index (χ0v) is 14.1. The number of anilines is 1. The summed E-state index contributed by atoms with van der Waals surface area (Å²) in [5.41, 5.74) is -0.786. The molecule has 0 saturated carbocycles. The lowest BCUT2D eigenvalue weighted by atomic mass is 9.73. The summed E-state index contributed by atoms with van der Waals surface area (Å²) >= 11 is 0. The number of amides is 2. The number of rotatable bonds is 4. The van der Waals surface area contributed by atoms with Gasteiger partial charge in [0.05, 0.1) is 35.3 Å². The Morgan fingerprint density at radius 3 is 2.08 bits per heavy atom. The van der Waals surface area contributed by atoms with E-state index < -0.39 is 23.0 Å². The van der Waals surface area contributed by atoms with Gasteiger partial charge in [0.15, 0.2) is 0 Å². The second kappa shape index (κ2) is 4.93. The van der Waals surface area contributed by atoms with Crippen LogP contribution in [-0.4, -0.2) is 29.6 Å². The molecule has 0 aromatic heterocycles. The highest BCUT2D eigenvalue weighted by Gasteiger charge is 2.70. The van der Waals surface area contributed by atoms with E-state index in [4.69, 9.17) is 9.47 Å². The molecule has 4 atom stereocenters. The van der Waals surface area contributed by atoms with Gasteiger partial charge in [0.2, 0.25) is 11.8 Å². The molecule has 2 fully saturated rings. The molecule has 2 bridgehead atoms. The molecule has 3 aliphatic heterocycles. The van der Waals surface area contributed by atoms with Gasteiger partial charge in [-0.05, 0) is 44.5 Å². The van der Waals surface area contributed by atoms with Gasteiger partial charge in [0.1, 0.15) is 5.75 Å². The SMILES string of the molecule is CCCOc1ccc(N2C(=O)C3C(C2=O)C2(C)C=CC3(C)O2)cc1. The van der Waals surface area contributed by atoms with Gasteiger partial charge < -0.3 is 9.47 Å². The molecule has 5 nitrogen and oxygen atoms in total. The summed E-state index contributed by atoms with van der Waals surface area (Å²) in [6, 6.07) is 7.13. The lowest BCUT2D eigenvalue weighted by Gasteiger charge is -2.25. The zero-order valence-electron chi connectivity index (χ0n) is 14.1. The maximum atomic E-state index is 13.0. The summed E-state index contributed by atoms with van der Waals surface area (Å²) in [4.78, 5) is 27.2. The van der Waals surface area contributed by atoms with Gasteiger partial charge in [-0.2, -0.15) is 0 Å². The number of nitrogens with zero attached hydrogens (tertiary/aromatic N) is 1. The number of benzene rings is 1. The normalized spacial score (nSPS) is 36.5. The first kappa shape index (κ1) is 15.4. The number of carbonyl (C=O) groups is 2. The molecule has 0 aliphatic carbocycles. The van der Waals surface area contributed by atoms with E-state index in [0.717, 1.165) is 12.2 Å². The molecule has 2 saturated heterocycles. The Balaban J connectivity index is 1.64. The van der Waals surface area contributed by atoms with Gasteiger partial charge in [-0.15, -0.1) is 0 Å². The molecule has 4 rings (SSSR count). The second-order valence-electron chi connectivity index (χ2n) is 7.11. The molecule has 1 aromatic carbocycles. The van der Waals surface area contributed by atoms with E-state index in [1.165, 1.54) is 4.90 Å². The number of imide groups is 1. The highest BCUT2D eigenvalue weighted by atomic mass is 16.5. The van der Waals surface area contributed by atoms with Gasteiger partial charge in [0.25, 0.3) is 0 Å². The van der Waals surface area contributed by atoms with Gasteiger partial charge in [0, 0.05) is 0 Å². The maximum Gasteiger partial charge on any atom is 0.241 e. The first-order valence-corrected chi connectivity index (χ1v) is 8.41. The van der Waals surface area contributed by atoms with Crippen LogP contribution in [0.4, 0.5) is 5.69 Å². The molecular weight excluding hydrogens is 306 g/mol. The molecule has 0 N–H and O–H groups in total. The molecule has 0 radical (unpaired) electrons. The van der Waals surface area contributed by atoms with Crippen molar-refractivity contribution in [2.75, 3.05) is 11.5 Å². The fourth-order valence-electron chi connectivity index (χ4n) is 4.20. The summed E-state index contributed by atoms with van der Waals surface area (Å²) in [6.07, 6.45) is 4.77. The lowest BCUT2D eigenvalue weighted by Crippen LogP contribution is -2.39. The fourth-order valence-corrected chi connectivity index (χ4v) is 4.20. The summed E-state index contributed by atoms with van der Waals surface area (Å²) < 4.78 is 11.6. The third kappa shape index (κ3) is 1.91.